The first-order chi connectivity index (χ1) is 8.36. The van der Waals surface area contributed by atoms with Crippen LogP contribution >= 0.6 is 0 Å². The zero-order valence-electron chi connectivity index (χ0n) is 11.0. The molecule has 1 heterocycles. The van der Waals surface area contributed by atoms with Crippen LogP contribution in [0.2, 0.25) is 0 Å². The Morgan fingerprint density at radius 2 is 1.47 bits per heavy atom. The molecule has 4 heteroatoms. The molecule has 1 aromatic heterocycles. The topological polar surface area (TPSA) is 64.9 Å². The van der Waals surface area contributed by atoms with Crippen molar-refractivity contribution in [1.82, 2.24) is 10.2 Å². The third-order valence-electron chi connectivity index (χ3n) is 2.85. The largest absolute Gasteiger partial charge is 0.425 e. The Balaban J connectivity index is 2.08. The monoisotopic (exact) mass is 239 g/mol. The second-order valence-electron chi connectivity index (χ2n) is 4.50. The van der Waals surface area contributed by atoms with E-state index in [0.717, 1.165) is 37.5 Å². The summed E-state index contributed by atoms with van der Waals surface area (Å²) >= 11 is 0. The zero-order valence-corrected chi connectivity index (χ0v) is 11.0. The van der Waals surface area contributed by atoms with Gasteiger partial charge in [-0.15, -0.1) is 10.2 Å². The molecule has 0 aliphatic rings. The van der Waals surface area contributed by atoms with Crippen LogP contribution in [0.15, 0.2) is 4.42 Å². The number of aryl methyl sites for hydroxylation is 2. The fourth-order valence-electron chi connectivity index (χ4n) is 1.80. The molecule has 0 atom stereocenters. The molecular weight excluding hydrogens is 214 g/mol. The van der Waals surface area contributed by atoms with Crippen LogP contribution in [-0.2, 0) is 12.8 Å². The molecule has 0 unspecified atom stereocenters. The van der Waals surface area contributed by atoms with Crippen LogP contribution < -0.4 is 5.73 Å². The molecule has 98 valence electrons. The van der Waals surface area contributed by atoms with Crippen LogP contribution in [0.1, 0.15) is 63.7 Å². The van der Waals surface area contributed by atoms with Crippen molar-refractivity contribution >= 4 is 0 Å². The first-order valence-electron chi connectivity index (χ1n) is 6.88. The first kappa shape index (κ1) is 14.2. The summed E-state index contributed by atoms with van der Waals surface area (Å²) in [6.45, 7) is 2.91. The van der Waals surface area contributed by atoms with E-state index in [9.17, 15) is 0 Å². The van der Waals surface area contributed by atoms with E-state index in [1.54, 1.807) is 0 Å². The highest BCUT2D eigenvalue weighted by Crippen LogP contribution is 2.09. The van der Waals surface area contributed by atoms with Crippen molar-refractivity contribution < 1.29 is 4.42 Å². The molecule has 4 nitrogen and oxygen atoms in total. The highest BCUT2D eigenvalue weighted by Gasteiger charge is 2.04. The third-order valence-corrected chi connectivity index (χ3v) is 2.85. The lowest BCUT2D eigenvalue weighted by Crippen LogP contribution is -2.00. The molecule has 1 rings (SSSR count). The van der Waals surface area contributed by atoms with Gasteiger partial charge >= 0.3 is 0 Å². The van der Waals surface area contributed by atoms with Crippen LogP contribution in [0.25, 0.3) is 0 Å². The minimum atomic E-state index is 0.676. The molecule has 0 aromatic carbocycles. The number of unbranched alkanes of at least 4 members (excludes halogenated alkanes) is 5. The normalized spacial score (nSPS) is 10.9. The molecule has 0 fully saturated rings. The third kappa shape index (κ3) is 6.41. The molecule has 17 heavy (non-hydrogen) atoms. The van der Waals surface area contributed by atoms with Crippen molar-refractivity contribution in [3.63, 3.8) is 0 Å². The molecule has 0 bridgehead atoms. The number of hydrogen-bond donors (Lipinski definition) is 1. The Morgan fingerprint density at radius 3 is 2.12 bits per heavy atom. The predicted octanol–water partition coefficient (Wildman–Crippen LogP) is 2.86. The summed E-state index contributed by atoms with van der Waals surface area (Å²) in [5.41, 5.74) is 5.43. The maximum Gasteiger partial charge on any atom is 0.216 e. The van der Waals surface area contributed by atoms with E-state index in [4.69, 9.17) is 10.2 Å². The van der Waals surface area contributed by atoms with Gasteiger partial charge in [-0.3, -0.25) is 0 Å². The number of nitrogens with zero attached hydrogens (tertiary/aromatic N) is 2. The van der Waals surface area contributed by atoms with Crippen LogP contribution in [0.4, 0.5) is 0 Å². The Hall–Kier alpha value is -0.900. The van der Waals surface area contributed by atoms with Gasteiger partial charge in [0.15, 0.2) is 0 Å². The van der Waals surface area contributed by atoms with Gasteiger partial charge in [0, 0.05) is 12.8 Å². The Labute approximate surface area is 104 Å². The van der Waals surface area contributed by atoms with Crippen LogP contribution in [0, 0.1) is 0 Å². The molecule has 0 aliphatic carbocycles. The van der Waals surface area contributed by atoms with Crippen molar-refractivity contribution in [2.75, 3.05) is 6.54 Å². The second kappa shape index (κ2) is 9.16. The summed E-state index contributed by atoms with van der Waals surface area (Å²) in [7, 11) is 0. The SMILES string of the molecule is CCCCCCCCc1nnc(CCCN)o1. The van der Waals surface area contributed by atoms with E-state index >= 15 is 0 Å². The standard InChI is InChI=1S/C13H25N3O/c1-2-3-4-5-6-7-9-12-15-16-13(17-12)10-8-11-14/h2-11,14H2,1H3. The molecule has 0 spiro atoms. The molecule has 0 radical (unpaired) electrons. The lowest BCUT2D eigenvalue weighted by Gasteiger charge is -1.97. The smallest absolute Gasteiger partial charge is 0.216 e. The maximum absolute atomic E-state index is 5.54. The van der Waals surface area contributed by atoms with Crippen molar-refractivity contribution in [3.8, 4) is 0 Å². The Bertz CT molecular complexity index is 286. The van der Waals surface area contributed by atoms with Gasteiger partial charge in [-0.25, -0.2) is 0 Å². The average molecular weight is 239 g/mol. The van der Waals surface area contributed by atoms with Crippen molar-refractivity contribution in [3.05, 3.63) is 11.8 Å². The molecule has 0 saturated carbocycles. The van der Waals surface area contributed by atoms with Crippen molar-refractivity contribution in [2.24, 2.45) is 5.73 Å². The fourth-order valence-corrected chi connectivity index (χ4v) is 1.80. The molecule has 0 aliphatic heterocycles. The van der Waals surface area contributed by atoms with Gasteiger partial charge in [0.1, 0.15) is 0 Å². The van der Waals surface area contributed by atoms with Gasteiger partial charge in [-0.05, 0) is 19.4 Å². The number of nitrogens with two attached hydrogens (primary N) is 1. The summed E-state index contributed by atoms with van der Waals surface area (Å²) in [6.07, 6.45) is 10.4. The van der Waals surface area contributed by atoms with Crippen molar-refractivity contribution in [2.45, 2.75) is 64.7 Å². The molecule has 2 N–H and O–H groups in total. The van der Waals surface area contributed by atoms with E-state index in [0.29, 0.717) is 6.54 Å². The lowest BCUT2D eigenvalue weighted by molar-refractivity contribution is 0.436. The average Bonchev–Trinajstić information content (AvgIpc) is 2.79. The summed E-state index contributed by atoms with van der Waals surface area (Å²) in [4.78, 5) is 0. The minimum absolute atomic E-state index is 0.676. The van der Waals surface area contributed by atoms with Gasteiger partial charge < -0.3 is 10.2 Å². The molecular formula is C13H25N3O. The van der Waals surface area contributed by atoms with Crippen LogP contribution in [0.5, 0.6) is 0 Å². The van der Waals surface area contributed by atoms with E-state index in [1.807, 2.05) is 0 Å². The summed E-state index contributed by atoms with van der Waals surface area (Å²) in [6, 6.07) is 0. The van der Waals surface area contributed by atoms with Gasteiger partial charge in [-0.2, -0.15) is 0 Å². The highest BCUT2D eigenvalue weighted by molar-refractivity contribution is 4.82. The van der Waals surface area contributed by atoms with E-state index < -0.39 is 0 Å². The van der Waals surface area contributed by atoms with Crippen LogP contribution in [-0.4, -0.2) is 16.7 Å². The summed E-state index contributed by atoms with van der Waals surface area (Å²) in [5, 5.41) is 8.06. The zero-order chi connectivity index (χ0) is 12.3. The molecule has 0 saturated heterocycles. The van der Waals surface area contributed by atoms with Crippen molar-refractivity contribution in [1.29, 1.82) is 0 Å². The van der Waals surface area contributed by atoms with Gasteiger partial charge in [0.05, 0.1) is 0 Å². The van der Waals surface area contributed by atoms with E-state index in [2.05, 4.69) is 17.1 Å². The van der Waals surface area contributed by atoms with E-state index in [1.165, 1.54) is 32.1 Å². The number of hydrogen-bond acceptors (Lipinski definition) is 4. The maximum atomic E-state index is 5.54. The Kier molecular flexibility index (Phi) is 7.63. The molecule has 0 amide bonds. The van der Waals surface area contributed by atoms with Gasteiger partial charge in [0.25, 0.3) is 0 Å². The first-order valence-corrected chi connectivity index (χ1v) is 6.88. The van der Waals surface area contributed by atoms with E-state index in [-0.39, 0.29) is 0 Å². The van der Waals surface area contributed by atoms with Gasteiger partial charge in [-0.1, -0.05) is 39.0 Å². The highest BCUT2D eigenvalue weighted by atomic mass is 16.4. The summed E-state index contributed by atoms with van der Waals surface area (Å²) < 4.78 is 5.54. The van der Waals surface area contributed by atoms with Gasteiger partial charge in [0.2, 0.25) is 11.8 Å². The summed E-state index contributed by atoms with van der Waals surface area (Å²) in [5.74, 6) is 1.52. The quantitative estimate of drug-likeness (QED) is 0.638. The Morgan fingerprint density at radius 1 is 0.882 bits per heavy atom. The number of rotatable bonds is 10. The second-order valence-corrected chi connectivity index (χ2v) is 4.50. The predicted molar refractivity (Wildman–Crippen MR) is 68.8 cm³/mol. The lowest BCUT2D eigenvalue weighted by atomic mass is 10.1. The van der Waals surface area contributed by atoms with Crippen LogP contribution in [0.3, 0.4) is 0 Å². The molecule has 1 aromatic rings. The number of aromatic nitrogens is 2. The fraction of sp³-hybridized carbons (Fsp3) is 0.846. The minimum Gasteiger partial charge on any atom is -0.425 e.